The van der Waals surface area contributed by atoms with Crippen molar-refractivity contribution in [2.45, 2.75) is 13.5 Å². The minimum Gasteiger partial charge on any atom is -0.456 e. The molecule has 0 saturated heterocycles. The van der Waals surface area contributed by atoms with E-state index in [1.165, 1.54) is 22.9 Å². The van der Waals surface area contributed by atoms with E-state index in [1.54, 1.807) is 25.1 Å². The minimum atomic E-state index is -0.659. The molecule has 0 bridgehead atoms. The van der Waals surface area contributed by atoms with Crippen molar-refractivity contribution in [2.24, 2.45) is 0 Å². The SMILES string of the molecule is Cc1nnnn1/C(=C\c1cccc(F)c1)C(=O)OCc1ccc(-c2ccccc2C#N)cc1. The molecule has 0 aliphatic heterocycles. The molecule has 0 saturated carbocycles. The maximum Gasteiger partial charge on any atom is 0.357 e. The molecule has 0 N–H and O–H groups in total. The van der Waals surface area contributed by atoms with Crippen LogP contribution in [-0.2, 0) is 16.1 Å². The number of rotatable bonds is 6. The van der Waals surface area contributed by atoms with Crippen molar-refractivity contribution in [1.29, 1.82) is 5.26 Å². The van der Waals surface area contributed by atoms with Gasteiger partial charge in [0.15, 0.2) is 11.5 Å². The van der Waals surface area contributed by atoms with Crippen molar-refractivity contribution in [3.8, 4) is 17.2 Å². The number of carbonyl (C=O) groups is 1. The zero-order valence-electron chi connectivity index (χ0n) is 17.6. The summed E-state index contributed by atoms with van der Waals surface area (Å²) in [6.45, 7) is 1.66. The van der Waals surface area contributed by atoms with Gasteiger partial charge in [-0.1, -0.05) is 54.6 Å². The zero-order chi connectivity index (χ0) is 23.2. The second-order valence-electron chi connectivity index (χ2n) is 7.15. The first-order chi connectivity index (χ1) is 16.0. The first kappa shape index (κ1) is 21.6. The number of aromatic nitrogens is 4. The van der Waals surface area contributed by atoms with Gasteiger partial charge in [-0.15, -0.1) is 5.10 Å². The summed E-state index contributed by atoms with van der Waals surface area (Å²) in [5.41, 5.74) is 3.59. The highest BCUT2D eigenvalue weighted by atomic mass is 19.1. The first-order valence-electron chi connectivity index (χ1n) is 10.0. The van der Waals surface area contributed by atoms with Crippen LogP contribution >= 0.6 is 0 Å². The van der Waals surface area contributed by atoms with Gasteiger partial charge in [0.2, 0.25) is 0 Å². The van der Waals surface area contributed by atoms with Gasteiger partial charge >= 0.3 is 5.97 Å². The summed E-state index contributed by atoms with van der Waals surface area (Å²) in [5, 5.41) is 20.5. The molecule has 7 nitrogen and oxygen atoms in total. The molecule has 3 aromatic carbocycles. The molecule has 4 rings (SSSR count). The number of esters is 1. The molecule has 8 heteroatoms. The lowest BCUT2D eigenvalue weighted by molar-refractivity contribution is -0.138. The van der Waals surface area contributed by atoms with E-state index >= 15 is 0 Å². The second kappa shape index (κ2) is 9.66. The van der Waals surface area contributed by atoms with Crippen LogP contribution in [0.5, 0.6) is 0 Å². The molecule has 0 atom stereocenters. The van der Waals surface area contributed by atoms with Crippen molar-refractivity contribution in [3.63, 3.8) is 0 Å². The fraction of sp³-hybridized carbons (Fsp3) is 0.0800. The molecule has 0 aliphatic rings. The number of tetrazole rings is 1. The Labute approximate surface area is 189 Å². The van der Waals surface area contributed by atoms with E-state index < -0.39 is 11.8 Å². The number of hydrogen-bond acceptors (Lipinski definition) is 6. The lowest BCUT2D eigenvalue weighted by Gasteiger charge is -2.10. The number of ether oxygens (including phenoxy) is 1. The third-order valence-corrected chi connectivity index (χ3v) is 4.90. The summed E-state index contributed by atoms with van der Waals surface area (Å²) in [6, 6.07) is 22.7. The average Bonchev–Trinajstić information content (AvgIpc) is 3.26. The third kappa shape index (κ3) is 4.99. The van der Waals surface area contributed by atoms with Gasteiger partial charge in [0.05, 0.1) is 11.6 Å². The van der Waals surface area contributed by atoms with Crippen LogP contribution in [0, 0.1) is 24.1 Å². The van der Waals surface area contributed by atoms with E-state index in [4.69, 9.17) is 4.74 Å². The predicted octanol–water partition coefficient (Wildman–Crippen LogP) is 4.40. The molecular weight excluding hydrogens is 421 g/mol. The highest BCUT2D eigenvalue weighted by molar-refractivity contribution is 6.15. The molecular formula is C25H18FN5O2. The molecule has 0 radical (unpaired) electrons. The molecule has 1 heterocycles. The normalized spacial score (nSPS) is 11.1. The highest BCUT2D eigenvalue weighted by Crippen LogP contribution is 2.24. The van der Waals surface area contributed by atoms with Gasteiger partial charge in [-0.05, 0) is 63.9 Å². The number of nitrogens with zero attached hydrogens (tertiary/aromatic N) is 5. The Bertz CT molecular complexity index is 1370. The zero-order valence-corrected chi connectivity index (χ0v) is 17.6. The van der Waals surface area contributed by atoms with Crippen molar-refractivity contribution in [1.82, 2.24) is 20.2 Å². The molecule has 1 aromatic heterocycles. The van der Waals surface area contributed by atoms with Gasteiger partial charge < -0.3 is 4.74 Å². The summed E-state index contributed by atoms with van der Waals surface area (Å²) in [6.07, 6.45) is 1.47. The summed E-state index contributed by atoms with van der Waals surface area (Å²) in [7, 11) is 0. The third-order valence-electron chi connectivity index (χ3n) is 4.90. The molecule has 0 aliphatic carbocycles. The topological polar surface area (TPSA) is 93.7 Å². The molecule has 0 fully saturated rings. The van der Waals surface area contributed by atoms with Gasteiger partial charge in [-0.25, -0.2) is 9.18 Å². The number of nitriles is 1. The Hall–Kier alpha value is -4.64. The lowest BCUT2D eigenvalue weighted by atomic mass is 9.99. The van der Waals surface area contributed by atoms with E-state index in [9.17, 15) is 14.4 Å². The Morgan fingerprint density at radius 3 is 2.61 bits per heavy atom. The van der Waals surface area contributed by atoms with Crippen LogP contribution in [0.2, 0.25) is 0 Å². The molecule has 33 heavy (non-hydrogen) atoms. The maximum atomic E-state index is 13.6. The Morgan fingerprint density at radius 1 is 1.12 bits per heavy atom. The standard InChI is InChI=1S/C25H18FN5O2/c1-17-28-29-30-31(17)24(14-19-5-4-7-22(26)13-19)25(32)33-16-18-9-11-20(12-10-18)23-8-3-2-6-21(23)15-27/h2-14H,16H2,1H3/b24-14-. The Balaban J connectivity index is 1.53. The van der Waals surface area contributed by atoms with Crippen LogP contribution in [0.25, 0.3) is 22.9 Å². The molecule has 0 unspecified atom stereocenters. The van der Waals surface area contributed by atoms with Gasteiger partial charge in [0, 0.05) is 0 Å². The predicted molar refractivity (Wildman–Crippen MR) is 120 cm³/mol. The van der Waals surface area contributed by atoms with E-state index in [1.807, 2.05) is 42.5 Å². The number of halogens is 1. The summed E-state index contributed by atoms with van der Waals surface area (Å²) < 4.78 is 20.3. The summed E-state index contributed by atoms with van der Waals surface area (Å²) >= 11 is 0. The Kier molecular flexibility index (Phi) is 6.32. The fourth-order valence-electron chi connectivity index (χ4n) is 3.25. The van der Waals surface area contributed by atoms with Gasteiger partial charge in [0.25, 0.3) is 0 Å². The Morgan fingerprint density at radius 2 is 1.91 bits per heavy atom. The first-order valence-corrected chi connectivity index (χ1v) is 10.0. The second-order valence-corrected chi connectivity index (χ2v) is 7.15. The van der Waals surface area contributed by atoms with Crippen molar-refractivity contribution < 1.29 is 13.9 Å². The van der Waals surface area contributed by atoms with Crippen molar-refractivity contribution in [2.75, 3.05) is 0 Å². The molecule has 0 amide bonds. The largest absolute Gasteiger partial charge is 0.456 e. The van der Waals surface area contributed by atoms with Crippen LogP contribution in [0.1, 0.15) is 22.5 Å². The smallest absolute Gasteiger partial charge is 0.357 e. The summed E-state index contributed by atoms with van der Waals surface area (Å²) in [4.78, 5) is 12.9. The monoisotopic (exact) mass is 439 g/mol. The van der Waals surface area contributed by atoms with Crippen molar-refractivity contribution >= 4 is 17.7 Å². The van der Waals surface area contributed by atoms with Crippen LogP contribution in [0.3, 0.4) is 0 Å². The molecule has 4 aromatic rings. The quantitative estimate of drug-likeness (QED) is 0.327. The number of benzene rings is 3. The van der Waals surface area contributed by atoms with Gasteiger partial charge in [-0.3, -0.25) is 0 Å². The van der Waals surface area contributed by atoms with Crippen LogP contribution in [0.15, 0.2) is 72.8 Å². The van der Waals surface area contributed by atoms with Gasteiger partial charge in [-0.2, -0.15) is 9.94 Å². The highest BCUT2D eigenvalue weighted by Gasteiger charge is 2.18. The minimum absolute atomic E-state index is 0.0146. The average molecular weight is 439 g/mol. The van der Waals surface area contributed by atoms with E-state index in [0.717, 1.165) is 16.7 Å². The van der Waals surface area contributed by atoms with E-state index in [0.29, 0.717) is 17.0 Å². The molecule has 0 spiro atoms. The van der Waals surface area contributed by atoms with Crippen LogP contribution < -0.4 is 0 Å². The van der Waals surface area contributed by atoms with Crippen LogP contribution in [0.4, 0.5) is 4.39 Å². The number of carbonyl (C=O) groups excluding carboxylic acids is 1. The number of hydrogen-bond donors (Lipinski definition) is 0. The van der Waals surface area contributed by atoms with Crippen LogP contribution in [-0.4, -0.2) is 26.2 Å². The van der Waals surface area contributed by atoms with Gasteiger partial charge in [0.1, 0.15) is 12.4 Å². The number of aryl methyl sites for hydroxylation is 1. The van der Waals surface area contributed by atoms with Crippen molar-refractivity contribution in [3.05, 3.63) is 101 Å². The maximum absolute atomic E-state index is 13.6. The van der Waals surface area contributed by atoms with E-state index in [2.05, 4.69) is 21.6 Å². The lowest BCUT2D eigenvalue weighted by Crippen LogP contribution is -2.15. The fourth-order valence-corrected chi connectivity index (χ4v) is 3.25. The molecule has 162 valence electrons. The summed E-state index contributed by atoms with van der Waals surface area (Å²) in [5.74, 6) is -0.702. The van der Waals surface area contributed by atoms with E-state index in [-0.39, 0.29) is 12.3 Å².